The highest BCUT2D eigenvalue weighted by Crippen LogP contribution is 2.32. The Morgan fingerprint density at radius 3 is 1.94 bits per heavy atom. The lowest BCUT2D eigenvalue weighted by molar-refractivity contribution is 0.314. The molecule has 0 aliphatic carbocycles. The average molecular weight is 255 g/mol. The maximum absolute atomic E-state index is 13.8. The molecule has 0 amide bonds. The van der Waals surface area contributed by atoms with E-state index in [0.717, 1.165) is 25.7 Å². The lowest BCUT2D eigenvalue weighted by atomic mass is 9.86. The molecule has 1 unspecified atom stereocenters. The normalized spacial score (nSPS) is 13.0. The molecule has 1 N–H and O–H groups in total. The Morgan fingerprint density at radius 2 is 1.56 bits per heavy atom. The van der Waals surface area contributed by atoms with Crippen molar-refractivity contribution in [1.29, 1.82) is 0 Å². The Kier molecular flexibility index (Phi) is 6.27. The Bertz CT molecular complexity index is 339. The number of benzene rings is 1. The van der Waals surface area contributed by atoms with E-state index in [1.807, 2.05) is 0 Å². The molecule has 1 aromatic carbocycles. The monoisotopic (exact) mass is 255 g/mol. The van der Waals surface area contributed by atoms with E-state index in [-0.39, 0.29) is 17.5 Å². The van der Waals surface area contributed by atoms with Crippen LogP contribution in [0.2, 0.25) is 0 Å². The molecular formula is C15H23F2N. The van der Waals surface area contributed by atoms with E-state index < -0.39 is 11.6 Å². The largest absolute Gasteiger partial charge is 0.313 e. The van der Waals surface area contributed by atoms with Crippen molar-refractivity contribution in [2.75, 3.05) is 7.05 Å². The van der Waals surface area contributed by atoms with Crippen LogP contribution in [0.15, 0.2) is 18.2 Å². The van der Waals surface area contributed by atoms with Gasteiger partial charge in [0.15, 0.2) is 0 Å². The summed E-state index contributed by atoms with van der Waals surface area (Å²) in [4.78, 5) is 0. The van der Waals surface area contributed by atoms with Gasteiger partial charge in [-0.1, -0.05) is 32.8 Å². The van der Waals surface area contributed by atoms with E-state index in [1.165, 1.54) is 18.2 Å². The second-order valence-electron chi connectivity index (χ2n) is 4.74. The van der Waals surface area contributed by atoms with Gasteiger partial charge in [0.1, 0.15) is 11.6 Å². The Labute approximate surface area is 109 Å². The molecule has 0 aliphatic heterocycles. The van der Waals surface area contributed by atoms with Crippen LogP contribution in [0.1, 0.15) is 51.1 Å². The van der Waals surface area contributed by atoms with Crippen molar-refractivity contribution in [2.24, 2.45) is 5.92 Å². The number of rotatable bonds is 7. The van der Waals surface area contributed by atoms with Crippen molar-refractivity contribution in [3.63, 3.8) is 0 Å². The highest BCUT2D eigenvalue weighted by molar-refractivity contribution is 5.24. The van der Waals surface area contributed by atoms with Crippen LogP contribution in [-0.4, -0.2) is 7.05 Å². The fraction of sp³-hybridized carbons (Fsp3) is 0.600. The molecule has 0 fully saturated rings. The molecule has 0 saturated heterocycles. The fourth-order valence-corrected chi connectivity index (χ4v) is 2.64. The third-order valence-corrected chi connectivity index (χ3v) is 3.41. The number of hydrogen-bond donors (Lipinski definition) is 1. The van der Waals surface area contributed by atoms with Crippen molar-refractivity contribution in [3.05, 3.63) is 35.4 Å². The summed E-state index contributed by atoms with van der Waals surface area (Å²) in [5.41, 5.74) is 0.187. The van der Waals surface area contributed by atoms with Crippen LogP contribution in [0, 0.1) is 17.6 Å². The van der Waals surface area contributed by atoms with Crippen LogP contribution >= 0.6 is 0 Å². The Balaban J connectivity index is 3.06. The van der Waals surface area contributed by atoms with Crippen LogP contribution < -0.4 is 5.32 Å². The van der Waals surface area contributed by atoms with Gasteiger partial charge in [0, 0.05) is 11.6 Å². The SMILES string of the molecule is CCCC(CCC)C(NC)c1c(F)cccc1F. The predicted octanol–water partition coefficient (Wildman–Crippen LogP) is 4.44. The summed E-state index contributed by atoms with van der Waals surface area (Å²) in [5.74, 6) is -0.630. The van der Waals surface area contributed by atoms with E-state index in [0.29, 0.717) is 0 Å². The zero-order chi connectivity index (χ0) is 13.5. The van der Waals surface area contributed by atoms with Gasteiger partial charge in [-0.05, 0) is 37.9 Å². The minimum Gasteiger partial charge on any atom is -0.313 e. The molecule has 0 bridgehead atoms. The Hall–Kier alpha value is -0.960. The van der Waals surface area contributed by atoms with Gasteiger partial charge < -0.3 is 5.32 Å². The van der Waals surface area contributed by atoms with Crippen LogP contribution in [0.4, 0.5) is 8.78 Å². The van der Waals surface area contributed by atoms with E-state index in [1.54, 1.807) is 7.05 Å². The highest BCUT2D eigenvalue weighted by Gasteiger charge is 2.25. The van der Waals surface area contributed by atoms with Crippen LogP contribution in [0.25, 0.3) is 0 Å². The second-order valence-corrected chi connectivity index (χ2v) is 4.74. The van der Waals surface area contributed by atoms with Gasteiger partial charge in [0.2, 0.25) is 0 Å². The zero-order valence-corrected chi connectivity index (χ0v) is 11.5. The molecule has 18 heavy (non-hydrogen) atoms. The van der Waals surface area contributed by atoms with E-state index in [2.05, 4.69) is 19.2 Å². The first kappa shape index (κ1) is 15.1. The summed E-state index contributed by atoms with van der Waals surface area (Å²) in [5, 5.41) is 3.09. The molecule has 1 nitrogen and oxygen atoms in total. The highest BCUT2D eigenvalue weighted by atomic mass is 19.1. The molecule has 1 rings (SSSR count). The number of hydrogen-bond acceptors (Lipinski definition) is 1. The predicted molar refractivity (Wildman–Crippen MR) is 71.5 cm³/mol. The summed E-state index contributed by atoms with van der Waals surface area (Å²) in [7, 11) is 1.77. The van der Waals surface area contributed by atoms with Gasteiger partial charge in [-0.2, -0.15) is 0 Å². The lowest BCUT2D eigenvalue weighted by Crippen LogP contribution is -2.27. The van der Waals surface area contributed by atoms with E-state index in [9.17, 15) is 8.78 Å². The van der Waals surface area contributed by atoms with E-state index >= 15 is 0 Å². The molecule has 0 aromatic heterocycles. The van der Waals surface area contributed by atoms with Crippen LogP contribution in [-0.2, 0) is 0 Å². The quantitative estimate of drug-likeness (QED) is 0.759. The van der Waals surface area contributed by atoms with Crippen LogP contribution in [0.3, 0.4) is 0 Å². The Morgan fingerprint density at radius 1 is 1.06 bits per heavy atom. The first-order chi connectivity index (χ1) is 8.65. The maximum atomic E-state index is 13.8. The molecule has 1 aromatic rings. The van der Waals surface area contributed by atoms with Gasteiger partial charge in [-0.15, -0.1) is 0 Å². The third-order valence-electron chi connectivity index (χ3n) is 3.41. The molecule has 1 atom stereocenters. The van der Waals surface area contributed by atoms with Crippen molar-refractivity contribution in [3.8, 4) is 0 Å². The summed E-state index contributed by atoms with van der Waals surface area (Å²) >= 11 is 0. The fourth-order valence-electron chi connectivity index (χ4n) is 2.64. The van der Waals surface area contributed by atoms with Gasteiger partial charge in [0.05, 0.1) is 0 Å². The second kappa shape index (κ2) is 7.47. The molecule has 0 spiro atoms. The molecule has 0 heterocycles. The number of halogens is 2. The van der Waals surface area contributed by atoms with Crippen molar-refractivity contribution < 1.29 is 8.78 Å². The molecular weight excluding hydrogens is 232 g/mol. The minimum atomic E-state index is -0.452. The first-order valence-corrected chi connectivity index (χ1v) is 6.76. The summed E-state index contributed by atoms with van der Waals surface area (Å²) in [6, 6.07) is 3.83. The topological polar surface area (TPSA) is 12.0 Å². The average Bonchev–Trinajstić information content (AvgIpc) is 2.34. The van der Waals surface area contributed by atoms with Crippen molar-refractivity contribution in [1.82, 2.24) is 5.32 Å². The standard InChI is InChI=1S/C15H23F2N/c1-4-7-11(8-5-2)15(18-3)14-12(16)9-6-10-13(14)17/h6,9-11,15,18H,4-5,7-8H2,1-3H3. The molecule has 0 aliphatic rings. The van der Waals surface area contributed by atoms with Gasteiger partial charge in [-0.25, -0.2) is 8.78 Å². The molecule has 102 valence electrons. The van der Waals surface area contributed by atoms with E-state index in [4.69, 9.17) is 0 Å². The molecule has 3 heteroatoms. The summed E-state index contributed by atoms with van der Waals surface area (Å²) in [6.45, 7) is 4.21. The lowest BCUT2D eigenvalue weighted by Gasteiger charge is -2.27. The minimum absolute atomic E-state index is 0.187. The van der Waals surface area contributed by atoms with Gasteiger partial charge in [0.25, 0.3) is 0 Å². The van der Waals surface area contributed by atoms with Crippen molar-refractivity contribution in [2.45, 2.75) is 45.6 Å². The zero-order valence-electron chi connectivity index (χ0n) is 11.5. The summed E-state index contributed by atoms with van der Waals surface area (Å²) in [6.07, 6.45) is 4.01. The smallest absolute Gasteiger partial charge is 0.130 e. The third kappa shape index (κ3) is 3.52. The molecule has 0 saturated carbocycles. The maximum Gasteiger partial charge on any atom is 0.130 e. The van der Waals surface area contributed by atoms with Crippen molar-refractivity contribution >= 4 is 0 Å². The van der Waals surface area contributed by atoms with Gasteiger partial charge in [-0.3, -0.25) is 0 Å². The molecule has 0 radical (unpaired) electrons. The number of nitrogens with one attached hydrogen (secondary N) is 1. The van der Waals surface area contributed by atoms with Crippen LogP contribution in [0.5, 0.6) is 0 Å². The summed E-state index contributed by atoms with van der Waals surface area (Å²) < 4.78 is 27.7. The first-order valence-electron chi connectivity index (χ1n) is 6.76. The van der Waals surface area contributed by atoms with Gasteiger partial charge >= 0.3 is 0 Å².